The van der Waals surface area contributed by atoms with E-state index in [1.165, 1.54) is 11.2 Å². The molecule has 3 aromatic rings. The Bertz CT molecular complexity index is 929. The van der Waals surface area contributed by atoms with Crippen LogP contribution in [-0.2, 0) is 4.79 Å². The van der Waals surface area contributed by atoms with Gasteiger partial charge in [-0.2, -0.15) is 0 Å². The molecular weight excluding hydrogens is 376 g/mol. The molecule has 0 spiro atoms. The molecule has 1 atom stereocenters. The topological polar surface area (TPSA) is 88.3 Å². The smallest absolute Gasteiger partial charge is 0.280 e. The van der Waals surface area contributed by atoms with Crippen LogP contribution in [0.1, 0.15) is 48.6 Å². The number of benzene rings is 1. The first-order valence-corrected chi connectivity index (χ1v) is 9.62. The standard InChI is InChI=1S/C20H22N4O3S/c1-13-7-9-14(10-8-13)24(19(26)15-12-28-23-22-15)17(16-6-5-11-27-16)18(25)21-20(2,3)4/h5-12,17H,1-4H3,(H,21,25). The van der Waals surface area contributed by atoms with Crippen LogP contribution in [0.25, 0.3) is 0 Å². The molecule has 146 valence electrons. The Morgan fingerprint density at radius 1 is 1.18 bits per heavy atom. The molecule has 2 amide bonds. The summed E-state index contributed by atoms with van der Waals surface area (Å²) in [6.07, 6.45) is 1.48. The molecule has 7 nitrogen and oxygen atoms in total. The molecule has 2 aromatic heterocycles. The van der Waals surface area contributed by atoms with Gasteiger partial charge < -0.3 is 9.73 Å². The third kappa shape index (κ3) is 4.45. The van der Waals surface area contributed by atoms with E-state index in [9.17, 15) is 9.59 Å². The van der Waals surface area contributed by atoms with Crippen LogP contribution in [0.4, 0.5) is 5.69 Å². The van der Waals surface area contributed by atoms with Gasteiger partial charge in [-0.25, -0.2) is 0 Å². The molecule has 0 aliphatic rings. The van der Waals surface area contributed by atoms with E-state index in [0.717, 1.165) is 17.1 Å². The van der Waals surface area contributed by atoms with Crippen molar-refractivity contribution in [2.24, 2.45) is 0 Å². The van der Waals surface area contributed by atoms with Crippen molar-refractivity contribution in [2.75, 3.05) is 4.90 Å². The van der Waals surface area contributed by atoms with E-state index < -0.39 is 17.5 Å². The minimum Gasteiger partial charge on any atom is -0.467 e. The lowest BCUT2D eigenvalue weighted by molar-refractivity contribution is -0.124. The first-order valence-electron chi connectivity index (χ1n) is 8.79. The highest BCUT2D eigenvalue weighted by atomic mass is 32.1. The Labute approximate surface area is 167 Å². The van der Waals surface area contributed by atoms with Crippen LogP contribution in [0.3, 0.4) is 0 Å². The second kappa shape index (κ2) is 7.93. The number of aromatic nitrogens is 2. The van der Waals surface area contributed by atoms with Gasteiger partial charge in [0, 0.05) is 16.6 Å². The van der Waals surface area contributed by atoms with Gasteiger partial charge >= 0.3 is 0 Å². The fourth-order valence-corrected chi connectivity index (χ4v) is 3.16. The number of rotatable bonds is 5. The summed E-state index contributed by atoms with van der Waals surface area (Å²) in [5.41, 5.74) is 1.30. The zero-order valence-electron chi connectivity index (χ0n) is 16.2. The molecule has 3 rings (SSSR count). The monoisotopic (exact) mass is 398 g/mol. The summed E-state index contributed by atoms with van der Waals surface area (Å²) in [4.78, 5) is 27.9. The molecule has 0 radical (unpaired) electrons. The van der Waals surface area contributed by atoms with Crippen molar-refractivity contribution < 1.29 is 14.0 Å². The number of nitrogens with one attached hydrogen (secondary N) is 1. The van der Waals surface area contributed by atoms with E-state index in [-0.39, 0.29) is 11.6 Å². The second-order valence-corrected chi connectivity index (χ2v) is 8.07. The fraction of sp³-hybridized carbons (Fsp3) is 0.300. The molecule has 0 bridgehead atoms. The molecule has 28 heavy (non-hydrogen) atoms. The molecule has 1 N–H and O–H groups in total. The summed E-state index contributed by atoms with van der Waals surface area (Å²) in [6, 6.07) is 9.74. The maximum atomic E-state index is 13.3. The van der Waals surface area contributed by atoms with Crippen LogP contribution < -0.4 is 10.2 Å². The highest BCUT2D eigenvalue weighted by Gasteiger charge is 2.37. The predicted molar refractivity (Wildman–Crippen MR) is 107 cm³/mol. The summed E-state index contributed by atoms with van der Waals surface area (Å²) in [7, 11) is 0. The first kappa shape index (κ1) is 19.8. The largest absolute Gasteiger partial charge is 0.467 e. The molecule has 0 fully saturated rings. The number of furan rings is 1. The Kier molecular flexibility index (Phi) is 5.60. The van der Waals surface area contributed by atoms with Crippen molar-refractivity contribution >= 4 is 29.0 Å². The van der Waals surface area contributed by atoms with Gasteiger partial charge in [0.1, 0.15) is 5.76 Å². The zero-order valence-corrected chi connectivity index (χ0v) is 17.0. The van der Waals surface area contributed by atoms with E-state index in [1.54, 1.807) is 29.6 Å². The quantitative estimate of drug-likeness (QED) is 0.707. The Hall–Kier alpha value is -3.00. The second-order valence-electron chi connectivity index (χ2n) is 7.46. The summed E-state index contributed by atoms with van der Waals surface area (Å²) in [5, 5.41) is 8.40. The van der Waals surface area contributed by atoms with Crippen LogP contribution in [-0.4, -0.2) is 26.9 Å². The number of anilines is 1. The number of carbonyl (C=O) groups is 2. The van der Waals surface area contributed by atoms with Crippen LogP contribution >= 0.6 is 11.5 Å². The van der Waals surface area contributed by atoms with Crippen LogP contribution in [0.15, 0.2) is 52.5 Å². The molecule has 1 aromatic carbocycles. The van der Waals surface area contributed by atoms with Gasteiger partial charge in [0.2, 0.25) is 0 Å². The molecule has 2 heterocycles. The van der Waals surface area contributed by atoms with Gasteiger partial charge in [0.05, 0.1) is 6.26 Å². The minimum absolute atomic E-state index is 0.172. The fourth-order valence-electron chi connectivity index (χ4n) is 2.73. The van der Waals surface area contributed by atoms with E-state index in [1.807, 2.05) is 39.8 Å². The number of aryl methyl sites for hydroxylation is 1. The van der Waals surface area contributed by atoms with Gasteiger partial charge in [-0.15, -0.1) is 5.10 Å². The van der Waals surface area contributed by atoms with Crippen LogP contribution in [0.5, 0.6) is 0 Å². The van der Waals surface area contributed by atoms with Gasteiger partial charge in [-0.3, -0.25) is 14.5 Å². The first-order chi connectivity index (χ1) is 13.3. The highest BCUT2D eigenvalue weighted by molar-refractivity contribution is 7.03. The maximum Gasteiger partial charge on any atom is 0.280 e. The number of carbonyl (C=O) groups excluding carboxylic acids is 2. The van der Waals surface area contributed by atoms with Crippen molar-refractivity contribution in [3.05, 3.63) is 65.1 Å². The van der Waals surface area contributed by atoms with Crippen LogP contribution in [0, 0.1) is 6.92 Å². The van der Waals surface area contributed by atoms with Crippen molar-refractivity contribution in [2.45, 2.75) is 39.3 Å². The highest BCUT2D eigenvalue weighted by Crippen LogP contribution is 2.30. The molecule has 0 saturated carbocycles. The van der Waals surface area contributed by atoms with Gasteiger partial charge in [0.15, 0.2) is 11.7 Å². The van der Waals surface area contributed by atoms with Gasteiger partial charge in [0.25, 0.3) is 11.8 Å². The molecule has 1 unspecified atom stereocenters. The number of hydrogen-bond donors (Lipinski definition) is 1. The van der Waals surface area contributed by atoms with Crippen molar-refractivity contribution in [3.8, 4) is 0 Å². The average molecular weight is 398 g/mol. The van der Waals surface area contributed by atoms with E-state index in [2.05, 4.69) is 14.9 Å². The number of nitrogens with zero attached hydrogens (tertiary/aromatic N) is 3. The normalized spacial score (nSPS) is 12.4. The third-order valence-corrected chi connectivity index (χ3v) is 4.43. The Morgan fingerprint density at radius 2 is 1.89 bits per heavy atom. The molecule has 0 saturated heterocycles. The SMILES string of the molecule is Cc1ccc(N(C(=O)c2csnn2)C(C(=O)NC(C)(C)C)c2ccco2)cc1. The Balaban J connectivity index is 2.12. The van der Waals surface area contributed by atoms with Gasteiger partial charge in [-0.05, 0) is 63.5 Å². The lowest BCUT2D eigenvalue weighted by atomic mass is 10.0. The lowest BCUT2D eigenvalue weighted by Gasteiger charge is -2.32. The minimum atomic E-state index is -0.994. The zero-order chi connectivity index (χ0) is 20.3. The van der Waals surface area contributed by atoms with Crippen molar-refractivity contribution in [1.29, 1.82) is 0 Å². The van der Waals surface area contributed by atoms with Crippen molar-refractivity contribution in [1.82, 2.24) is 14.9 Å². The molecule has 8 heteroatoms. The van der Waals surface area contributed by atoms with Crippen LogP contribution in [0.2, 0.25) is 0 Å². The summed E-state index contributed by atoms with van der Waals surface area (Å²) in [5.74, 6) is -0.415. The van der Waals surface area contributed by atoms with E-state index >= 15 is 0 Å². The molecule has 0 aliphatic carbocycles. The summed E-state index contributed by atoms with van der Waals surface area (Å²) in [6.45, 7) is 7.60. The number of amides is 2. The lowest BCUT2D eigenvalue weighted by Crippen LogP contribution is -2.49. The average Bonchev–Trinajstić information content (AvgIpc) is 3.32. The van der Waals surface area contributed by atoms with Crippen molar-refractivity contribution in [3.63, 3.8) is 0 Å². The van der Waals surface area contributed by atoms with Gasteiger partial charge in [-0.1, -0.05) is 22.2 Å². The third-order valence-electron chi connectivity index (χ3n) is 3.93. The van der Waals surface area contributed by atoms with E-state index in [0.29, 0.717) is 11.4 Å². The summed E-state index contributed by atoms with van der Waals surface area (Å²) < 4.78 is 9.32. The summed E-state index contributed by atoms with van der Waals surface area (Å²) >= 11 is 1.08. The number of hydrogen-bond acceptors (Lipinski definition) is 6. The Morgan fingerprint density at radius 3 is 2.43 bits per heavy atom. The molecule has 0 aliphatic heterocycles. The molecular formula is C20H22N4O3S. The van der Waals surface area contributed by atoms with E-state index in [4.69, 9.17) is 4.42 Å². The maximum absolute atomic E-state index is 13.3. The predicted octanol–water partition coefficient (Wildman–Crippen LogP) is 3.74.